The molecule has 0 saturated heterocycles. The van der Waals surface area contributed by atoms with Gasteiger partial charge in [0.05, 0.1) is 12.2 Å². The van der Waals surface area contributed by atoms with E-state index in [0.29, 0.717) is 5.92 Å². The van der Waals surface area contributed by atoms with Gasteiger partial charge in [-0.2, -0.15) is 0 Å². The highest BCUT2D eigenvalue weighted by atomic mass is 79.9. The summed E-state index contributed by atoms with van der Waals surface area (Å²) < 4.78 is 5.85. The van der Waals surface area contributed by atoms with E-state index in [4.69, 9.17) is 4.74 Å². The third-order valence-electron chi connectivity index (χ3n) is 2.48. The molecular weight excluding hydrogens is 228 g/mol. The van der Waals surface area contributed by atoms with E-state index in [-0.39, 0.29) is 5.60 Å². The molecule has 0 bridgehead atoms. The van der Waals surface area contributed by atoms with Crippen LogP contribution in [0.3, 0.4) is 0 Å². The van der Waals surface area contributed by atoms with Gasteiger partial charge in [-0.1, -0.05) is 36.2 Å². The monoisotopic (exact) mass is 250 g/mol. The molecule has 0 aliphatic heterocycles. The summed E-state index contributed by atoms with van der Waals surface area (Å²) in [5.74, 6) is 0.677. The Morgan fingerprint density at radius 1 is 1.31 bits per heavy atom. The van der Waals surface area contributed by atoms with Gasteiger partial charge in [-0.15, -0.1) is 0 Å². The lowest BCUT2D eigenvalue weighted by Crippen LogP contribution is -2.27. The summed E-state index contributed by atoms with van der Waals surface area (Å²) in [5, 5.41) is 1.06. The van der Waals surface area contributed by atoms with E-state index >= 15 is 0 Å². The Morgan fingerprint density at radius 2 is 1.92 bits per heavy atom. The van der Waals surface area contributed by atoms with Crippen molar-refractivity contribution in [3.8, 4) is 0 Å². The topological polar surface area (TPSA) is 9.23 Å². The molecule has 0 radical (unpaired) electrons. The predicted molar refractivity (Wildman–Crippen MR) is 62.5 cm³/mol. The molecule has 0 rings (SSSR count). The van der Waals surface area contributed by atoms with Crippen molar-refractivity contribution in [1.29, 1.82) is 0 Å². The number of ether oxygens (including phenoxy) is 1. The maximum Gasteiger partial charge on any atom is 0.0624 e. The van der Waals surface area contributed by atoms with Crippen molar-refractivity contribution in [3.63, 3.8) is 0 Å². The molecule has 0 amide bonds. The summed E-state index contributed by atoms with van der Waals surface area (Å²) in [4.78, 5) is 0. The van der Waals surface area contributed by atoms with E-state index in [1.54, 1.807) is 0 Å². The molecule has 1 atom stereocenters. The van der Waals surface area contributed by atoms with Crippen LogP contribution >= 0.6 is 15.9 Å². The Kier molecular flexibility index (Phi) is 7.06. The maximum absolute atomic E-state index is 5.85. The van der Waals surface area contributed by atoms with E-state index < -0.39 is 0 Å². The largest absolute Gasteiger partial charge is 0.375 e. The quantitative estimate of drug-likeness (QED) is 0.621. The lowest BCUT2D eigenvalue weighted by Gasteiger charge is -2.26. The second-order valence-electron chi connectivity index (χ2n) is 4.23. The van der Waals surface area contributed by atoms with Gasteiger partial charge in [-0.25, -0.2) is 0 Å². The Hall–Kier alpha value is 0.440. The third kappa shape index (κ3) is 6.50. The van der Waals surface area contributed by atoms with Gasteiger partial charge in [-0.3, -0.25) is 0 Å². The Bertz CT molecular complexity index is 123. The summed E-state index contributed by atoms with van der Waals surface area (Å²) >= 11 is 3.53. The van der Waals surface area contributed by atoms with E-state index in [0.717, 1.165) is 18.4 Å². The summed E-state index contributed by atoms with van der Waals surface area (Å²) in [6.45, 7) is 9.60. The van der Waals surface area contributed by atoms with Gasteiger partial charge in [0.1, 0.15) is 0 Å². The predicted octanol–water partition coefficient (Wildman–Crippen LogP) is 4.00. The van der Waals surface area contributed by atoms with Crippen molar-refractivity contribution in [1.82, 2.24) is 0 Å². The first-order valence-electron chi connectivity index (χ1n) is 5.25. The van der Waals surface area contributed by atoms with Crippen LogP contribution in [0.15, 0.2) is 0 Å². The SMILES string of the molecule is CCCC(CBr)COC(C)(C)CC. The highest BCUT2D eigenvalue weighted by Gasteiger charge is 2.17. The second-order valence-corrected chi connectivity index (χ2v) is 4.88. The van der Waals surface area contributed by atoms with Crippen LogP contribution in [-0.2, 0) is 4.74 Å². The van der Waals surface area contributed by atoms with Crippen LogP contribution < -0.4 is 0 Å². The Labute approximate surface area is 91.4 Å². The molecule has 1 nitrogen and oxygen atoms in total. The zero-order chi connectivity index (χ0) is 10.3. The number of hydrogen-bond acceptors (Lipinski definition) is 1. The van der Waals surface area contributed by atoms with Gasteiger partial charge < -0.3 is 4.74 Å². The van der Waals surface area contributed by atoms with Gasteiger partial charge in [-0.05, 0) is 32.6 Å². The van der Waals surface area contributed by atoms with Crippen LogP contribution in [-0.4, -0.2) is 17.5 Å². The smallest absolute Gasteiger partial charge is 0.0624 e. The van der Waals surface area contributed by atoms with E-state index in [1.165, 1.54) is 12.8 Å². The fourth-order valence-electron chi connectivity index (χ4n) is 1.06. The number of halogens is 1. The molecule has 0 aromatic carbocycles. The average molecular weight is 251 g/mol. The minimum absolute atomic E-state index is 0.0498. The summed E-state index contributed by atoms with van der Waals surface area (Å²) in [6.07, 6.45) is 3.57. The molecule has 0 aliphatic carbocycles. The minimum atomic E-state index is 0.0498. The average Bonchev–Trinajstić information content (AvgIpc) is 2.12. The standard InChI is InChI=1S/C11H23BrO/c1-5-7-10(8-12)9-13-11(3,4)6-2/h10H,5-9H2,1-4H3. The van der Waals surface area contributed by atoms with Gasteiger partial charge in [0.2, 0.25) is 0 Å². The fraction of sp³-hybridized carbons (Fsp3) is 1.00. The first kappa shape index (κ1) is 13.4. The van der Waals surface area contributed by atoms with Gasteiger partial charge >= 0.3 is 0 Å². The molecule has 0 aliphatic rings. The van der Waals surface area contributed by atoms with Crippen LogP contribution in [0.1, 0.15) is 47.0 Å². The second kappa shape index (κ2) is 6.83. The fourth-order valence-corrected chi connectivity index (χ4v) is 1.57. The lowest BCUT2D eigenvalue weighted by molar-refractivity contribution is -0.0353. The third-order valence-corrected chi connectivity index (χ3v) is 3.39. The Balaban J connectivity index is 3.70. The molecule has 0 N–H and O–H groups in total. The number of rotatable bonds is 7. The number of alkyl halides is 1. The molecule has 0 spiro atoms. The minimum Gasteiger partial charge on any atom is -0.375 e. The summed E-state index contributed by atoms with van der Waals surface area (Å²) in [6, 6.07) is 0. The summed E-state index contributed by atoms with van der Waals surface area (Å²) in [5.41, 5.74) is 0.0498. The van der Waals surface area contributed by atoms with Crippen molar-refractivity contribution < 1.29 is 4.74 Å². The van der Waals surface area contributed by atoms with Crippen molar-refractivity contribution >= 4 is 15.9 Å². The molecule has 0 aromatic rings. The van der Waals surface area contributed by atoms with Gasteiger partial charge in [0.25, 0.3) is 0 Å². The van der Waals surface area contributed by atoms with Crippen molar-refractivity contribution in [2.75, 3.05) is 11.9 Å². The van der Waals surface area contributed by atoms with Crippen LogP contribution in [0.5, 0.6) is 0 Å². The Morgan fingerprint density at radius 3 is 2.31 bits per heavy atom. The molecular formula is C11H23BrO. The highest BCUT2D eigenvalue weighted by molar-refractivity contribution is 9.09. The van der Waals surface area contributed by atoms with E-state index in [9.17, 15) is 0 Å². The first-order valence-corrected chi connectivity index (χ1v) is 6.37. The van der Waals surface area contributed by atoms with Crippen LogP contribution in [0.2, 0.25) is 0 Å². The zero-order valence-corrected chi connectivity index (χ0v) is 11.0. The zero-order valence-electron chi connectivity index (χ0n) is 9.40. The van der Waals surface area contributed by atoms with Crippen LogP contribution in [0, 0.1) is 5.92 Å². The molecule has 80 valence electrons. The molecule has 0 heterocycles. The van der Waals surface area contributed by atoms with Crippen LogP contribution in [0.25, 0.3) is 0 Å². The number of hydrogen-bond donors (Lipinski definition) is 0. The van der Waals surface area contributed by atoms with Gasteiger partial charge in [0.15, 0.2) is 0 Å². The van der Waals surface area contributed by atoms with Crippen molar-refractivity contribution in [2.45, 2.75) is 52.6 Å². The molecule has 13 heavy (non-hydrogen) atoms. The lowest BCUT2D eigenvalue weighted by atomic mass is 10.0. The van der Waals surface area contributed by atoms with E-state index in [1.807, 2.05) is 0 Å². The maximum atomic E-state index is 5.85. The van der Waals surface area contributed by atoms with E-state index in [2.05, 4.69) is 43.6 Å². The van der Waals surface area contributed by atoms with Crippen molar-refractivity contribution in [2.24, 2.45) is 5.92 Å². The molecule has 1 unspecified atom stereocenters. The molecule has 0 aromatic heterocycles. The summed E-state index contributed by atoms with van der Waals surface area (Å²) in [7, 11) is 0. The first-order chi connectivity index (χ1) is 6.05. The molecule has 2 heteroatoms. The van der Waals surface area contributed by atoms with Gasteiger partial charge in [0, 0.05) is 5.33 Å². The molecule has 0 saturated carbocycles. The molecule has 0 fully saturated rings. The highest BCUT2D eigenvalue weighted by Crippen LogP contribution is 2.18. The van der Waals surface area contributed by atoms with Crippen LogP contribution in [0.4, 0.5) is 0 Å². The normalized spacial score (nSPS) is 14.5. The van der Waals surface area contributed by atoms with Crippen molar-refractivity contribution in [3.05, 3.63) is 0 Å².